The summed E-state index contributed by atoms with van der Waals surface area (Å²) >= 11 is 0. The molecular weight excluding hydrogens is 220 g/mol. The van der Waals surface area contributed by atoms with E-state index in [-0.39, 0.29) is 0 Å². The van der Waals surface area contributed by atoms with Gasteiger partial charge in [0.15, 0.2) is 11.6 Å². The Morgan fingerprint density at radius 1 is 1.29 bits per heavy atom. The molecule has 3 rings (SSSR count). The summed E-state index contributed by atoms with van der Waals surface area (Å²) in [5.74, 6) is 2.95. The minimum Gasteiger partial charge on any atom is -0.458 e. The van der Waals surface area contributed by atoms with Gasteiger partial charge in [-0.15, -0.1) is 5.10 Å². The molecule has 1 N–H and O–H groups in total. The second-order valence-electron chi connectivity index (χ2n) is 3.99. The average molecular weight is 234 g/mol. The number of nitrogens with one attached hydrogen (secondary N) is 1. The highest BCUT2D eigenvalue weighted by Crippen LogP contribution is 2.20. The van der Waals surface area contributed by atoms with Gasteiger partial charge in [-0.3, -0.25) is 5.10 Å². The Morgan fingerprint density at radius 3 is 2.82 bits per heavy atom. The molecule has 6 nitrogen and oxygen atoms in total. The Balaban J connectivity index is 1.82. The molecule has 0 bridgehead atoms. The Bertz CT molecular complexity index is 499. The first-order valence-corrected chi connectivity index (χ1v) is 5.65. The predicted octanol–water partition coefficient (Wildman–Crippen LogP) is 1.21. The zero-order valence-electron chi connectivity index (χ0n) is 9.64. The van der Waals surface area contributed by atoms with Crippen molar-refractivity contribution in [2.75, 3.05) is 31.2 Å². The first-order chi connectivity index (χ1) is 8.33. The number of anilines is 1. The molecule has 0 radical (unpaired) electrons. The summed E-state index contributed by atoms with van der Waals surface area (Å²) in [6.45, 7) is 5.01. The maximum absolute atomic E-state index is 5.49. The van der Waals surface area contributed by atoms with Crippen LogP contribution in [-0.2, 0) is 4.74 Å². The highest BCUT2D eigenvalue weighted by molar-refractivity contribution is 5.49. The number of aryl methyl sites for hydroxylation is 1. The van der Waals surface area contributed by atoms with Crippen molar-refractivity contribution in [3.8, 4) is 11.6 Å². The average Bonchev–Trinajstić information content (AvgIpc) is 2.98. The lowest BCUT2D eigenvalue weighted by Gasteiger charge is -2.25. The van der Waals surface area contributed by atoms with Gasteiger partial charge in [0.2, 0.25) is 5.95 Å². The van der Waals surface area contributed by atoms with E-state index in [0.29, 0.717) is 11.8 Å². The Hall–Kier alpha value is -1.82. The van der Waals surface area contributed by atoms with Gasteiger partial charge in [0, 0.05) is 13.1 Å². The second-order valence-corrected chi connectivity index (χ2v) is 3.99. The number of H-pyrrole nitrogens is 1. The molecule has 2 aromatic heterocycles. The molecule has 0 unspecified atom stereocenters. The van der Waals surface area contributed by atoms with Gasteiger partial charge in [0.25, 0.3) is 0 Å². The zero-order chi connectivity index (χ0) is 11.7. The van der Waals surface area contributed by atoms with Gasteiger partial charge >= 0.3 is 0 Å². The third-order valence-electron chi connectivity index (χ3n) is 2.74. The van der Waals surface area contributed by atoms with Crippen molar-refractivity contribution in [3.63, 3.8) is 0 Å². The number of rotatable bonds is 2. The number of hydrogen-bond donors (Lipinski definition) is 1. The Kier molecular flexibility index (Phi) is 2.56. The topological polar surface area (TPSA) is 67.2 Å². The van der Waals surface area contributed by atoms with Gasteiger partial charge in [-0.05, 0) is 19.1 Å². The van der Waals surface area contributed by atoms with Gasteiger partial charge < -0.3 is 14.1 Å². The van der Waals surface area contributed by atoms with Crippen LogP contribution in [0.25, 0.3) is 11.6 Å². The zero-order valence-corrected chi connectivity index (χ0v) is 9.64. The first kappa shape index (κ1) is 10.3. The van der Waals surface area contributed by atoms with Crippen LogP contribution in [0.2, 0.25) is 0 Å². The number of ether oxygens (including phenoxy) is 1. The largest absolute Gasteiger partial charge is 0.458 e. The molecule has 0 spiro atoms. The first-order valence-electron chi connectivity index (χ1n) is 5.65. The van der Waals surface area contributed by atoms with E-state index in [2.05, 4.69) is 20.1 Å². The molecule has 90 valence electrons. The van der Waals surface area contributed by atoms with Gasteiger partial charge in [-0.25, -0.2) is 0 Å². The normalized spacial score (nSPS) is 16.4. The van der Waals surface area contributed by atoms with Crippen LogP contribution in [0, 0.1) is 6.92 Å². The molecule has 1 saturated heterocycles. The van der Waals surface area contributed by atoms with E-state index in [1.165, 1.54) is 0 Å². The van der Waals surface area contributed by atoms with E-state index in [0.717, 1.165) is 37.8 Å². The van der Waals surface area contributed by atoms with Crippen LogP contribution in [0.3, 0.4) is 0 Å². The van der Waals surface area contributed by atoms with Crippen LogP contribution >= 0.6 is 0 Å². The van der Waals surface area contributed by atoms with Gasteiger partial charge in [0.1, 0.15) is 5.76 Å². The van der Waals surface area contributed by atoms with Crippen molar-refractivity contribution >= 4 is 5.95 Å². The van der Waals surface area contributed by atoms with Gasteiger partial charge in [-0.2, -0.15) is 4.98 Å². The third kappa shape index (κ3) is 2.03. The third-order valence-corrected chi connectivity index (χ3v) is 2.74. The summed E-state index contributed by atoms with van der Waals surface area (Å²) in [6.07, 6.45) is 0. The maximum Gasteiger partial charge on any atom is 0.245 e. The SMILES string of the molecule is Cc1ccc(-c2nc(N3CCOCC3)n[nH]2)o1. The lowest BCUT2D eigenvalue weighted by molar-refractivity contribution is 0.122. The molecule has 0 aromatic carbocycles. The summed E-state index contributed by atoms with van der Waals surface area (Å²) in [5, 5.41) is 7.10. The fourth-order valence-electron chi connectivity index (χ4n) is 1.83. The van der Waals surface area contributed by atoms with Crippen LogP contribution in [0.15, 0.2) is 16.5 Å². The number of aromatic nitrogens is 3. The summed E-state index contributed by atoms with van der Waals surface area (Å²) in [4.78, 5) is 6.52. The molecular formula is C11H14N4O2. The van der Waals surface area contributed by atoms with Crippen molar-refractivity contribution in [1.82, 2.24) is 15.2 Å². The second kappa shape index (κ2) is 4.21. The molecule has 0 aliphatic carbocycles. The monoisotopic (exact) mass is 234 g/mol. The number of aromatic amines is 1. The molecule has 2 aromatic rings. The molecule has 6 heteroatoms. The highest BCUT2D eigenvalue weighted by Gasteiger charge is 2.17. The van der Waals surface area contributed by atoms with Crippen LogP contribution in [0.4, 0.5) is 5.95 Å². The minimum atomic E-state index is 0.666. The van der Waals surface area contributed by atoms with Crippen molar-refractivity contribution < 1.29 is 9.15 Å². The van der Waals surface area contributed by atoms with Crippen molar-refractivity contribution in [3.05, 3.63) is 17.9 Å². The fraction of sp³-hybridized carbons (Fsp3) is 0.455. The van der Waals surface area contributed by atoms with Crippen LogP contribution in [0.5, 0.6) is 0 Å². The van der Waals surface area contributed by atoms with Gasteiger partial charge in [-0.1, -0.05) is 0 Å². The summed E-state index contributed by atoms with van der Waals surface area (Å²) < 4.78 is 10.8. The van der Waals surface area contributed by atoms with Crippen LogP contribution < -0.4 is 4.90 Å². The molecule has 3 heterocycles. The van der Waals surface area contributed by atoms with E-state index >= 15 is 0 Å². The number of hydrogen-bond acceptors (Lipinski definition) is 5. The summed E-state index contributed by atoms with van der Waals surface area (Å²) in [7, 11) is 0. The van der Waals surface area contributed by atoms with E-state index < -0.39 is 0 Å². The lowest BCUT2D eigenvalue weighted by Crippen LogP contribution is -2.36. The van der Waals surface area contributed by atoms with Crippen molar-refractivity contribution in [1.29, 1.82) is 0 Å². The van der Waals surface area contributed by atoms with Crippen molar-refractivity contribution in [2.24, 2.45) is 0 Å². The smallest absolute Gasteiger partial charge is 0.245 e. The van der Waals surface area contributed by atoms with Crippen molar-refractivity contribution in [2.45, 2.75) is 6.92 Å². The number of morpholine rings is 1. The predicted molar refractivity (Wildman–Crippen MR) is 61.9 cm³/mol. The van der Waals surface area contributed by atoms with E-state index in [4.69, 9.17) is 9.15 Å². The minimum absolute atomic E-state index is 0.666. The molecule has 1 fully saturated rings. The standard InChI is InChI=1S/C11H14N4O2/c1-8-2-3-9(17-8)10-12-11(14-13-10)15-4-6-16-7-5-15/h2-3H,4-7H2,1H3,(H,12,13,14). The maximum atomic E-state index is 5.49. The van der Waals surface area contributed by atoms with E-state index in [1.807, 2.05) is 19.1 Å². The summed E-state index contributed by atoms with van der Waals surface area (Å²) in [6, 6.07) is 3.80. The van der Waals surface area contributed by atoms with Gasteiger partial charge in [0.05, 0.1) is 13.2 Å². The Morgan fingerprint density at radius 2 is 2.12 bits per heavy atom. The Labute approximate surface area is 98.6 Å². The lowest BCUT2D eigenvalue weighted by atomic mass is 10.4. The van der Waals surface area contributed by atoms with Crippen LogP contribution in [0.1, 0.15) is 5.76 Å². The quantitative estimate of drug-likeness (QED) is 0.846. The molecule has 0 atom stereocenters. The molecule has 0 saturated carbocycles. The molecule has 1 aliphatic heterocycles. The molecule has 0 amide bonds. The fourth-order valence-corrected chi connectivity index (χ4v) is 1.83. The molecule has 17 heavy (non-hydrogen) atoms. The number of furan rings is 1. The summed E-state index contributed by atoms with van der Waals surface area (Å²) in [5.41, 5.74) is 0. The highest BCUT2D eigenvalue weighted by atomic mass is 16.5. The van der Waals surface area contributed by atoms with E-state index in [1.54, 1.807) is 0 Å². The molecule has 1 aliphatic rings. The van der Waals surface area contributed by atoms with E-state index in [9.17, 15) is 0 Å². The number of nitrogens with zero attached hydrogens (tertiary/aromatic N) is 3. The van der Waals surface area contributed by atoms with Crippen LogP contribution in [-0.4, -0.2) is 41.5 Å².